The topological polar surface area (TPSA) is 9.23 Å². The number of ether oxygens (including phenoxy) is 1. The highest BCUT2D eigenvalue weighted by Crippen LogP contribution is 2.11. The van der Waals surface area contributed by atoms with Crippen molar-refractivity contribution in [2.75, 3.05) is 6.61 Å². The Kier molecular flexibility index (Phi) is 5.43. The van der Waals surface area contributed by atoms with E-state index in [-0.39, 0.29) is 0 Å². The van der Waals surface area contributed by atoms with E-state index in [1.54, 1.807) is 0 Å². The highest BCUT2D eigenvalue weighted by atomic mass is 79.9. The van der Waals surface area contributed by atoms with E-state index in [4.69, 9.17) is 4.74 Å². The zero-order valence-electron chi connectivity index (χ0n) is 10.3. The van der Waals surface area contributed by atoms with Gasteiger partial charge in [0.2, 0.25) is 0 Å². The third-order valence-electron chi connectivity index (χ3n) is 2.78. The molecule has 0 N–H and O–H groups in total. The van der Waals surface area contributed by atoms with Crippen molar-refractivity contribution in [1.82, 2.24) is 0 Å². The fourth-order valence-corrected chi connectivity index (χ4v) is 2.06. The molecule has 0 aliphatic rings. The fourth-order valence-electron chi connectivity index (χ4n) is 1.79. The van der Waals surface area contributed by atoms with Crippen LogP contribution in [0.3, 0.4) is 0 Å². The molecule has 2 heteroatoms. The predicted molar refractivity (Wildman–Crippen MR) is 78.6 cm³/mol. The van der Waals surface area contributed by atoms with Crippen LogP contribution in [0, 0.1) is 0 Å². The van der Waals surface area contributed by atoms with Gasteiger partial charge in [0, 0.05) is 11.1 Å². The van der Waals surface area contributed by atoms with E-state index < -0.39 is 0 Å². The molecule has 0 amide bonds. The summed E-state index contributed by atoms with van der Waals surface area (Å²) in [5, 5.41) is 0. The van der Waals surface area contributed by atoms with Crippen molar-refractivity contribution in [3.05, 3.63) is 70.2 Å². The average molecular weight is 305 g/mol. The van der Waals surface area contributed by atoms with Crippen LogP contribution in [0.5, 0.6) is 0 Å². The molecule has 0 fully saturated rings. The summed E-state index contributed by atoms with van der Waals surface area (Å²) < 4.78 is 6.77. The van der Waals surface area contributed by atoms with Crippen molar-refractivity contribution in [2.45, 2.75) is 19.4 Å². The van der Waals surface area contributed by atoms with Gasteiger partial charge in [-0.2, -0.15) is 0 Å². The Morgan fingerprint density at radius 2 is 1.56 bits per heavy atom. The minimum atomic E-state index is 0.696. The molecule has 2 rings (SSSR count). The van der Waals surface area contributed by atoms with Crippen LogP contribution in [0.15, 0.2) is 59.1 Å². The van der Waals surface area contributed by atoms with E-state index in [2.05, 4.69) is 52.3 Å². The lowest BCUT2D eigenvalue weighted by atomic mass is 10.1. The lowest BCUT2D eigenvalue weighted by Crippen LogP contribution is -1.97. The first-order chi connectivity index (χ1) is 8.84. The molecule has 0 aromatic heterocycles. The number of halogens is 1. The van der Waals surface area contributed by atoms with Gasteiger partial charge >= 0.3 is 0 Å². The Hall–Kier alpha value is -1.12. The Morgan fingerprint density at radius 1 is 0.833 bits per heavy atom. The number of rotatable bonds is 6. The van der Waals surface area contributed by atoms with Crippen molar-refractivity contribution >= 4 is 15.9 Å². The summed E-state index contributed by atoms with van der Waals surface area (Å²) in [5.74, 6) is 0. The number of aryl methyl sites for hydroxylation is 1. The molecular formula is C16H17BrO. The van der Waals surface area contributed by atoms with E-state index >= 15 is 0 Å². The first-order valence-corrected chi connectivity index (χ1v) is 7.00. The van der Waals surface area contributed by atoms with Gasteiger partial charge in [0.15, 0.2) is 0 Å². The summed E-state index contributed by atoms with van der Waals surface area (Å²) in [6.07, 6.45) is 2.15. The quantitative estimate of drug-likeness (QED) is 0.709. The maximum atomic E-state index is 5.67. The Morgan fingerprint density at radius 3 is 2.28 bits per heavy atom. The van der Waals surface area contributed by atoms with Gasteiger partial charge in [0.05, 0.1) is 6.61 Å². The van der Waals surface area contributed by atoms with E-state index in [0.717, 1.165) is 23.9 Å². The van der Waals surface area contributed by atoms with Gasteiger partial charge in [-0.05, 0) is 36.1 Å². The second-order valence-electron chi connectivity index (χ2n) is 4.27. The Balaban J connectivity index is 1.63. The molecule has 0 spiro atoms. The van der Waals surface area contributed by atoms with Crippen LogP contribution < -0.4 is 0 Å². The van der Waals surface area contributed by atoms with Crippen molar-refractivity contribution in [1.29, 1.82) is 0 Å². The second kappa shape index (κ2) is 7.34. The SMILES string of the molecule is Brc1ccc(COCCCc2ccccc2)cc1. The molecule has 0 atom stereocenters. The Labute approximate surface area is 117 Å². The van der Waals surface area contributed by atoms with Gasteiger partial charge in [0.1, 0.15) is 0 Å². The van der Waals surface area contributed by atoms with Crippen molar-refractivity contribution in [3.8, 4) is 0 Å². The molecule has 94 valence electrons. The molecule has 0 saturated carbocycles. The van der Waals surface area contributed by atoms with Gasteiger partial charge in [-0.15, -0.1) is 0 Å². The molecule has 0 aliphatic heterocycles. The van der Waals surface area contributed by atoms with E-state index in [1.807, 2.05) is 18.2 Å². The summed E-state index contributed by atoms with van der Waals surface area (Å²) in [6, 6.07) is 18.8. The molecule has 0 aliphatic carbocycles. The van der Waals surface area contributed by atoms with Crippen LogP contribution in [0.4, 0.5) is 0 Å². The first-order valence-electron chi connectivity index (χ1n) is 6.21. The highest BCUT2D eigenvalue weighted by molar-refractivity contribution is 9.10. The average Bonchev–Trinajstić information content (AvgIpc) is 2.42. The third-order valence-corrected chi connectivity index (χ3v) is 3.31. The summed E-state index contributed by atoms with van der Waals surface area (Å²) in [4.78, 5) is 0. The minimum absolute atomic E-state index is 0.696. The monoisotopic (exact) mass is 304 g/mol. The fraction of sp³-hybridized carbons (Fsp3) is 0.250. The smallest absolute Gasteiger partial charge is 0.0716 e. The van der Waals surface area contributed by atoms with Gasteiger partial charge in [-0.1, -0.05) is 58.4 Å². The van der Waals surface area contributed by atoms with E-state index in [0.29, 0.717) is 6.61 Å². The largest absolute Gasteiger partial charge is 0.377 e. The maximum absolute atomic E-state index is 5.67. The maximum Gasteiger partial charge on any atom is 0.0716 e. The normalized spacial score (nSPS) is 10.5. The van der Waals surface area contributed by atoms with Crippen LogP contribution in [-0.4, -0.2) is 6.61 Å². The molecule has 18 heavy (non-hydrogen) atoms. The predicted octanol–water partition coefficient (Wildman–Crippen LogP) is 4.60. The molecule has 1 nitrogen and oxygen atoms in total. The summed E-state index contributed by atoms with van der Waals surface area (Å²) >= 11 is 3.42. The molecule has 0 saturated heterocycles. The lowest BCUT2D eigenvalue weighted by molar-refractivity contribution is 0.118. The molecule has 2 aromatic carbocycles. The van der Waals surface area contributed by atoms with Gasteiger partial charge in [-0.25, -0.2) is 0 Å². The van der Waals surface area contributed by atoms with Crippen LogP contribution in [0.2, 0.25) is 0 Å². The second-order valence-corrected chi connectivity index (χ2v) is 5.18. The number of benzene rings is 2. The minimum Gasteiger partial charge on any atom is -0.377 e. The molecule has 0 bridgehead atoms. The van der Waals surface area contributed by atoms with Gasteiger partial charge in [0.25, 0.3) is 0 Å². The van der Waals surface area contributed by atoms with Crippen LogP contribution >= 0.6 is 15.9 Å². The third kappa shape index (κ3) is 4.63. The molecule has 0 unspecified atom stereocenters. The first kappa shape index (κ1) is 13.3. The summed E-state index contributed by atoms with van der Waals surface area (Å²) in [7, 11) is 0. The lowest BCUT2D eigenvalue weighted by Gasteiger charge is -2.05. The zero-order chi connectivity index (χ0) is 12.6. The summed E-state index contributed by atoms with van der Waals surface area (Å²) in [5.41, 5.74) is 2.60. The summed E-state index contributed by atoms with van der Waals surface area (Å²) in [6.45, 7) is 1.51. The van der Waals surface area contributed by atoms with E-state index in [1.165, 1.54) is 11.1 Å². The van der Waals surface area contributed by atoms with Crippen molar-refractivity contribution < 1.29 is 4.74 Å². The van der Waals surface area contributed by atoms with Crippen LogP contribution in [0.1, 0.15) is 17.5 Å². The zero-order valence-corrected chi connectivity index (χ0v) is 11.9. The van der Waals surface area contributed by atoms with Crippen molar-refractivity contribution in [3.63, 3.8) is 0 Å². The van der Waals surface area contributed by atoms with Gasteiger partial charge in [-0.3, -0.25) is 0 Å². The molecule has 0 heterocycles. The number of hydrogen-bond acceptors (Lipinski definition) is 1. The molecule has 2 aromatic rings. The standard InChI is InChI=1S/C16H17BrO/c17-16-10-8-15(9-11-16)13-18-12-4-7-14-5-2-1-3-6-14/h1-3,5-6,8-11H,4,7,12-13H2. The van der Waals surface area contributed by atoms with Gasteiger partial charge < -0.3 is 4.74 Å². The van der Waals surface area contributed by atoms with Crippen LogP contribution in [0.25, 0.3) is 0 Å². The molecular weight excluding hydrogens is 288 g/mol. The highest BCUT2D eigenvalue weighted by Gasteiger charge is 1.95. The van der Waals surface area contributed by atoms with E-state index in [9.17, 15) is 0 Å². The van der Waals surface area contributed by atoms with Crippen LogP contribution in [-0.2, 0) is 17.8 Å². The number of hydrogen-bond donors (Lipinski definition) is 0. The Bertz CT molecular complexity index is 450. The van der Waals surface area contributed by atoms with Crippen molar-refractivity contribution in [2.24, 2.45) is 0 Å². The molecule has 0 radical (unpaired) electrons.